The summed E-state index contributed by atoms with van der Waals surface area (Å²) in [5.41, 5.74) is 0.700. The Morgan fingerprint density at radius 3 is 2.38 bits per heavy atom. The Morgan fingerprint density at radius 1 is 1.25 bits per heavy atom. The third kappa shape index (κ3) is 4.08. The third-order valence-corrected chi connectivity index (χ3v) is 3.11. The van der Waals surface area contributed by atoms with Crippen molar-refractivity contribution in [3.8, 4) is 11.5 Å². The van der Waals surface area contributed by atoms with Gasteiger partial charge in [0.2, 0.25) is 0 Å². The molecule has 0 unspecified atom stereocenters. The van der Waals surface area contributed by atoms with E-state index >= 15 is 0 Å². The van der Waals surface area contributed by atoms with Crippen LogP contribution in [-0.2, 0) is 16.5 Å². The molecule has 0 fully saturated rings. The number of aromatic hydroxyl groups is 2. The molecule has 0 heterocycles. The first-order chi connectivity index (χ1) is 7.28. The maximum atomic E-state index is 10.6. The van der Waals surface area contributed by atoms with Gasteiger partial charge in [-0.3, -0.25) is 4.55 Å². The standard InChI is InChI=1S/C10H14O5S/c1-7(6-16(13,14)15)4-8-2-3-9(11)10(12)5-8/h2-3,5,7,11-12H,4,6H2,1H3,(H,13,14,15)/t7-/m1/s1. The molecule has 1 aromatic rings. The van der Waals surface area contributed by atoms with Crippen LogP contribution in [-0.4, -0.2) is 28.9 Å². The second-order valence-corrected chi connectivity index (χ2v) is 5.38. The molecule has 0 aliphatic heterocycles. The highest BCUT2D eigenvalue weighted by molar-refractivity contribution is 7.85. The van der Waals surface area contributed by atoms with Gasteiger partial charge in [-0.1, -0.05) is 13.0 Å². The average molecular weight is 246 g/mol. The Balaban J connectivity index is 2.70. The third-order valence-electron chi connectivity index (χ3n) is 2.12. The van der Waals surface area contributed by atoms with Crippen molar-refractivity contribution in [1.29, 1.82) is 0 Å². The Kier molecular flexibility index (Phi) is 3.77. The second kappa shape index (κ2) is 4.71. The maximum absolute atomic E-state index is 10.6. The summed E-state index contributed by atoms with van der Waals surface area (Å²) in [7, 11) is -3.97. The van der Waals surface area contributed by atoms with Gasteiger partial charge in [0.05, 0.1) is 5.75 Å². The summed E-state index contributed by atoms with van der Waals surface area (Å²) in [5, 5.41) is 18.3. The van der Waals surface area contributed by atoms with Crippen molar-refractivity contribution in [2.75, 3.05) is 5.75 Å². The Hall–Kier alpha value is -1.27. The summed E-state index contributed by atoms with van der Waals surface area (Å²) in [4.78, 5) is 0. The Labute approximate surface area is 94.1 Å². The van der Waals surface area contributed by atoms with Crippen LogP contribution in [0.3, 0.4) is 0 Å². The molecule has 0 bridgehead atoms. The normalized spacial score (nSPS) is 13.6. The van der Waals surface area contributed by atoms with Crippen molar-refractivity contribution < 1.29 is 23.2 Å². The highest BCUT2D eigenvalue weighted by Gasteiger charge is 2.13. The fourth-order valence-electron chi connectivity index (χ4n) is 1.52. The van der Waals surface area contributed by atoms with Crippen molar-refractivity contribution >= 4 is 10.1 Å². The molecule has 0 aliphatic rings. The molecule has 0 saturated heterocycles. The summed E-state index contributed by atoms with van der Waals surface area (Å²) < 4.78 is 29.9. The number of hydrogen-bond donors (Lipinski definition) is 3. The molecule has 1 atom stereocenters. The lowest BCUT2D eigenvalue weighted by Gasteiger charge is -2.09. The summed E-state index contributed by atoms with van der Waals surface area (Å²) in [5.74, 6) is -1.05. The minimum Gasteiger partial charge on any atom is -0.504 e. The lowest BCUT2D eigenvalue weighted by Crippen LogP contribution is -2.14. The summed E-state index contributed by atoms with van der Waals surface area (Å²) in [6.07, 6.45) is 0.396. The van der Waals surface area contributed by atoms with E-state index in [4.69, 9.17) is 9.66 Å². The van der Waals surface area contributed by atoms with Crippen molar-refractivity contribution in [3.05, 3.63) is 23.8 Å². The summed E-state index contributed by atoms with van der Waals surface area (Å²) in [6, 6.07) is 4.30. The van der Waals surface area contributed by atoms with E-state index in [-0.39, 0.29) is 23.2 Å². The van der Waals surface area contributed by atoms with Crippen LogP contribution < -0.4 is 0 Å². The zero-order chi connectivity index (χ0) is 12.3. The van der Waals surface area contributed by atoms with Crippen LogP contribution >= 0.6 is 0 Å². The van der Waals surface area contributed by atoms with E-state index in [0.29, 0.717) is 12.0 Å². The minimum absolute atomic E-state index is 0.216. The van der Waals surface area contributed by atoms with Gasteiger partial charge >= 0.3 is 0 Å². The van der Waals surface area contributed by atoms with E-state index in [1.54, 1.807) is 13.0 Å². The lowest BCUT2D eigenvalue weighted by atomic mass is 10.0. The fraction of sp³-hybridized carbons (Fsp3) is 0.400. The molecule has 1 rings (SSSR count). The van der Waals surface area contributed by atoms with Gasteiger partial charge in [0, 0.05) is 0 Å². The largest absolute Gasteiger partial charge is 0.504 e. The van der Waals surface area contributed by atoms with Crippen LogP contribution in [0.5, 0.6) is 11.5 Å². The van der Waals surface area contributed by atoms with Crippen molar-refractivity contribution in [1.82, 2.24) is 0 Å². The number of hydrogen-bond acceptors (Lipinski definition) is 4. The van der Waals surface area contributed by atoms with Crippen LogP contribution in [0.2, 0.25) is 0 Å². The predicted octanol–water partition coefficient (Wildman–Crippen LogP) is 1.16. The van der Waals surface area contributed by atoms with Crippen molar-refractivity contribution in [2.24, 2.45) is 5.92 Å². The molecule has 0 radical (unpaired) electrons. The monoisotopic (exact) mass is 246 g/mol. The Bertz CT molecular complexity index is 466. The molecule has 90 valence electrons. The molecule has 16 heavy (non-hydrogen) atoms. The van der Waals surface area contributed by atoms with E-state index in [2.05, 4.69) is 0 Å². The molecule has 0 aromatic heterocycles. The molecule has 1 aromatic carbocycles. The summed E-state index contributed by atoms with van der Waals surface area (Å²) >= 11 is 0. The fourth-order valence-corrected chi connectivity index (χ4v) is 2.35. The maximum Gasteiger partial charge on any atom is 0.265 e. The molecule has 0 saturated carbocycles. The first-order valence-electron chi connectivity index (χ1n) is 4.74. The highest BCUT2D eigenvalue weighted by Crippen LogP contribution is 2.26. The molecule has 0 spiro atoms. The van der Waals surface area contributed by atoms with E-state index in [0.717, 1.165) is 0 Å². The molecule has 5 nitrogen and oxygen atoms in total. The first-order valence-corrected chi connectivity index (χ1v) is 6.35. The van der Waals surface area contributed by atoms with Crippen molar-refractivity contribution in [3.63, 3.8) is 0 Å². The number of phenols is 2. The van der Waals surface area contributed by atoms with Gasteiger partial charge in [-0.05, 0) is 30.0 Å². The van der Waals surface area contributed by atoms with E-state index in [1.165, 1.54) is 12.1 Å². The predicted molar refractivity (Wildman–Crippen MR) is 59.1 cm³/mol. The number of phenolic OH excluding ortho intramolecular Hbond substituents is 2. The van der Waals surface area contributed by atoms with Gasteiger partial charge in [0.25, 0.3) is 10.1 Å². The van der Waals surface area contributed by atoms with Crippen LogP contribution in [0.1, 0.15) is 12.5 Å². The van der Waals surface area contributed by atoms with Gasteiger partial charge in [-0.15, -0.1) is 0 Å². The first kappa shape index (κ1) is 12.8. The van der Waals surface area contributed by atoms with Gasteiger partial charge in [0.1, 0.15) is 0 Å². The van der Waals surface area contributed by atoms with E-state index in [9.17, 15) is 13.5 Å². The summed E-state index contributed by atoms with van der Waals surface area (Å²) in [6.45, 7) is 1.68. The average Bonchev–Trinajstić information content (AvgIpc) is 2.08. The van der Waals surface area contributed by atoms with Crippen LogP contribution in [0.25, 0.3) is 0 Å². The van der Waals surface area contributed by atoms with Crippen LogP contribution in [0.15, 0.2) is 18.2 Å². The zero-order valence-corrected chi connectivity index (χ0v) is 9.61. The Morgan fingerprint density at radius 2 is 1.88 bits per heavy atom. The SMILES string of the molecule is C[C@H](Cc1ccc(O)c(O)c1)CS(=O)(=O)O. The van der Waals surface area contributed by atoms with Crippen LogP contribution in [0.4, 0.5) is 0 Å². The lowest BCUT2D eigenvalue weighted by molar-refractivity contribution is 0.402. The second-order valence-electron chi connectivity index (χ2n) is 3.88. The van der Waals surface area contributed by atoms with Crippen LogP contribution in [0, 0.1) is 5.92 Å². The molecule has 6 heteroatoms. The van der Waals surface area contributed by atoms with E-state index in [1.807, 2.05) is 0 Å². The van der Waals surface area contributed by atoms with Gasteiger partial charge in [-0.2, -0.15) is 8.42 Å². The van der Waals surface area contributed by atoms with Crippen molar-refractivity contribution in [2.45, 2.75) is 13.3 Å². The molecular formula is C10H14O5S. The number of benzene rings is 1. The smallest absolute Gasteiger partial charge is 0.265 e. The topological polar surface area (TPSA) is 94.8 Å². The van der Waals surface area contributed by atoms with Gasteiger partial charge < -0.3 is 10.2 Å². The number of rotatable bonds is 4. The molecular weight excluding hydrogens is 232 g/mol. The molecule has 0 amide bonds. The van der Waals surface area contributed by atoms with Gasteiger partial charge in [-0.25, -0.2) is 0 Å². The van der Waals surface area contributed by atoms with E-state index < -0.39 is 10.1 Å². The highest BCUT2D eigenvalue weighted by atomic mass is 32.2. The van der Waals surface area contributed by atoms with Gasteiger partial charge in [0.15, 0.2) is 11.5 Å². The minimum atomic E-state index is -3.97. The zero-order valence-electron chi connectivity index (χ0n) is 8.79. The molecule has 0 aliphatic carbocycles. The molecule has 3 N–H and O–H groups in total. The quantitative estimate of drug-likeness (QED) is 0.547.